The van der Waals surface area contributed by atoms with Crippen molar-refractivity contribution < 1.29 is 19.0 Å². The second-order valence-electron chi connectivity index (χ2n) is 6.69. The number of hydrogen-bond donors (Lipinski definition) is 1. The third-order valence-electron chi connectivity index (χ3n) is 4.55. The minimum Gasteiger partial charge on any atom is -0.497 e. The summed E-state index contributed by atoms with van der Waals surface area (Å²) in [5.74, 6) is 1.94. The van der Waals surface area contributed by atoms with Crippen LogP contribution < -0.4 is 19.5 Å². The Morgan fingerprint density at radius 2 is 1.67 bits per heavy atom. The summed E-state index contributed by atoms with van der Waals surface area (Å²) in [7, 11) is 4.82. The number of benzene rings is 2. The molecule has 1 heterocycles. The van der Waals surface area contributed by atoms with E-state index in [0.29, 0.717) is 30.3 Å². The monoisotopic (exact) mass is 426 g/mol. The molecule has 6 nitrogen and oxygen atoms in total. The van der Waals surface area contributed by atoms with Crippen molar-refractivity contribution in [1.82, 2.24) is 4.90 Å². The van der Waals surface area contributed by atoms with E-state index in [1.54, 1.807) is 50.9 Å². The molecule has 0 aliphatic carbocycles. The van der Waals surface area contributed by atoms with Gasteiger partial charge in [-0.1, -0.05) is 24.3 Å². The molecule has 158 valence electrons. The van der Waals surface area contributed by atoms with Crippen LogP contribution in [0.2, 0.25) is 0 Å². The first-order valence-corrected chi connectivity index (χ1v) is 10.4. The van der Waals surface area contributed by atoms with E-state index in [9.17, 15) is 4.79 Å². The lowest BCUT2D eigenvalue weighted by atomic mass is 10.2. The van der Waals surface area contributed by atoms with Gasteiger partial charge >= 0.3 is 0 Å². The predicted molar refractivity (Wildman–Crippen MR) is 120 cm³/mol. The highest BCUT2D eigenvalue weighted by molar-refractivity contribution is 7.09. The van der Waals surface area contributed by atoms with Crippen LogP contribution in [0.1, 0.15) is 10.4 Å². The highest BCUT2D eigenvalue weighted by atomic mass is 32.1. The maximum atomic E-state index is 12.8. The molecule has 0 bridgehead atoms. The lowest BCUT2D eigenvalue weighted by molar-refractivity contribution is -0.117. The van der Waals surface area contributed by atoms with Gasteiger partial charge in [0.15, 0.2) is 0 Å². The molecule has 0 aliphatic heterocycles. The molecule has 0 radical (unpaired) electrons. The molecular formula is C23H26N2O4S. The number of hydrogen-bond acceptors (Lipinski definition) is 6. The van der Waals surface area contributed by atoms with Crippen LogP contribution in [0.15, 0.2) is 60.0 Å². The van der Waals surface area contributed by atoms with E-state index in [1.807, 2.05) is 35.7 Å². The number of para-hydroxylation sites is 1. The minimum absolute atomic E-state index is 0.114. The van der Waals surface area contributed by atoms with Gasteiger partial charge in [-0.05, 0) is 17.5 Å². The van der Waals surface area contributed by atoms with Crippen LogP contribution in [0.5, 0.6) is 17.2 Å². The third kappa shape index (κ3) is 5.98. The molecule has 0 fully saturated rings. The Morgan fingerprint density at radius 1 is 0.933 bits per heavy atom. The quantitative estimate of drug-likeness (QED) is 0.520. The zero-order valence-corrected chi connectivity index (χ0v) is 18.2. The molecule has 1 amide bonds. The zero-order chi connectivity index (χ0) is 21.3. The van der Waals surface area contributed by atoms with Crippen LogP contribution in [-0.2, 0) is 17.9 Å². The summed E-state index contributed by atoms with van der Waals surface area (Å²) in [6.45, 7) is 1.50. The maximum absolute atomic E-state index is 12.8. The number of thiophene rings is 1. The number of amides is 1. The summed E-state index contributed by atoms with van der Waals surface area (Å²) in [5, 5.41) is 4.99. The molecule has 0 aliphatic rings. The van der Waals surface area contributed by atoms with Gasteiger partial charge in [0.25, 0.3) is 0 Å². The Morgan fingerprint density at radius 3 is 2.30 bits per heavy atom. The van der Waals surface area contributed by atoms with Crippen LogP contribution in [0.3, 0.4) is 0 Å². The van der Waals surface area contributed by atoms with E-state index in [4.69, 9.17) is 14.2 Å². The van der Waals surface area contributed by atoms with Crippen molar-refractivity contribution in [3.63, 3.8) is 0 Å². The van der Waals surface area contributed by atoms with E-state index < -0.39 is 0 Å². The number of nitrogens with zero attached hydrogens (tertiary/aromatic N) is 1. The molecule has 1 aromatic heterocycles. The Balaban J connectivity index is 1.74. The van der Waals surface area contributed by atoms with E-state index in [-0.39, 0.29) is 12.5 Å². The normalized spacial score (nSPS) is 10.7. The van der Waals surface area contributed by atoms with Crippen molar-refractivity contribution in [2.45, 2.75) is 13.1 Å². The van der Waals surface area contributed by atoms with Crippen LogP contribution in [0, 0.1) is 0 Å². The molecule has 2 aromatic carbocycles. The molecule has 0 saturated heterocycles. The van der Waals surface area contributed by atoms with Crippen molar-refractivity contribution in [3.8, 4) is 17.2 Å². The lowest BCUT2D eigenvalue weighted by Gasteiger charge is -2.22. The molecule has 30 heavy (non-hydrogen) atoms. The van der Waals surface area contributed by atoms with Gasteiger partial charge in [-0.15, -0.1) is 11.3 Å². The Kier molecular flexibility index (Phi) is 7.70. The second-order valence-corrected chi connectivity index (χ2v) is 7.72. The first-order chi connectivity index (χ1) is 14.6. The zero-order valence-electron chi connectivity index (χ0n) is 17.4. The Labute approximate surface area is 181 Å². The molecule has 3 rings (SSSR count). The van der Waals surface area contributed by atoms with Crippen molar-refractivity contribution in [2.24, 2.45) is 0 Å². The summed E-state index contributed by atoms with van der Waals surface area (Å²) in [6, 6.07) is 17.3. The minimum atomic E-state index is -0.114. The maximum Gasteiger partial charge on any atom is 0.238 e. The first-order valence-electron chi connectivity index (χ1n) is 9.51. The Bertz CT molecular complexity index is 937. The highest BCUT2D eigenvalue weighted by Crippen LogP contribution is 2.26. The fraction of sp³-hybridized carbons (Fsp3) is 0.261. The van der Waals surface area contributed by atoms with E-state index >= 15 is 0 Å². The van der Waals surface area contributed by atoms with Gasteiger partial charge in [0.05, 0.1) is 27.9 Å². The van der Waals surface area contributed by atoms with E-state index in [2.05, 4.69) is 16.3 Å². The molecule has 0 unspecified atom stereocenters. The molecule has 0 atom stereocenters. The standard InChI is InChI=1S/C23H26N2O4S/c1-27-19-11-18(12-20(13-19)28-2)24-23(26)16-25(15-21-8-6-10-30-21)14-17-7-4-5-9-22(17)29-3/h4-13H,14-16H2,1-3H3,(H,24,26). The van der Waals surface area contributed by atoms with Gasteiger partial charge in [-0.25, -0.2) is 0 Å². The topological polar surface area (TPSA) is 60.0 Å². The van der Waals surface area contributed by atoms with Crippen LogP contribution >= 0.6 is 11.3 Å². The van der Waals surface area contributed by atoms with Gasteiger partial charge in [-0.2, -0.15) is 0 Å². The van der Waals surface area contributed by atoms with Crippen molar-refractivity contribution in [2.75, 3.05) is 33.2 Å². The number of methoxy groups -OCH3 is 3. The van der Waals surface area contributed by atoms with E-state index in [0.717, 1.165) is 11.3 Å². The average molecular weight is 427 g/mol. The molecule has 0 saturated carbocycles. The van der Waals surface area contributed by atoms with Gasteiger partial charge in [-0.3, -0.25) is 9.69 Å². The molecule has 0 spiro atoms. The molecule has 3 aromatic rings. The number of rotatable bonds is 10. The molecule has 7 heteroatoms. The fourth-order valence-corrected chi connectivity index (χ4v) is 3.89. The fourth-order valence-electron chi connectivity index (χ4n) is 3.15. The predicted octanol–water partition coefficient (Wildman–Crippen LogP) is 4.41. The highest BCUT2D eigenvalue weighted by Gasteiger charge is 2.16. The summed E-state index contributed by atoms with van der Waals surface area (Å²) < 4.78 is 16.0. The molecule has 1 N–H and O–H groups in total. The summed E-state index contributed by atoms with van der Waals surface area (Å²) in [4.78, 5) is 16.1. The van der Waals surface area contributed by atoms with E-state index in [1.165, 1.54) is 4.88 Å². The Hall–Kier alpha value is -3.03. The molecular weight excluding hydrogens is 400 g/mol. The van der Waals surface area contributed by atoms with Gasteiger partial charge in [0, 0.05) is 47.4 Å². The summed E-state index contributed by atoms with van der Waals surface area (Å²) >= 11 is 1.68. The first kappa shape index (κ1) is 21.7. The van der Waals surface area contributed by atoms with Crippen molar-refractivity contribution in [3.05, 3.63) is 70.4 Å². The van der Waals surface area contributed by atoms with Gasteiger partial charge in [0.1, 0.15) is 17.2 Å². The summed E-state index contributed by atoms with van der Waals surface area (Å²) in [6.07, 6.45) is 0. The third-order valence-corrected chi connectivity index (χ3v) is 5.41. The summed E-state index contributed by atoms with van der Waals surface area (Å²) in [5.41, 5.74) is 1.66. The largest absolute Gasteiger partial charge is 0.497 e. The van der Waals surface area contributed by atoms with Crippen molar-refractivity contribution in [1.29, 1.82) is 0 Å². The van der Waals surface area contributed by atoms with Crippen LogP contribution in [0.25, 0.3) is 0 Å². The number of carbonyl (C=O) groups excluding carboxylic acids is 1. The second kappa shape index (κ2) is 10.7. The smallest absolute Gasteiger partial charge is 0.238 e. The number of anilines is 1. The SMILES string of the molecule is COc1cc(NC(=O)CN(Cc2cccs2)Cc2ccccc2OC)cc(OC)c1. The van der Waals surface area contributed by atoms with Crippen LogP contribution in [0.4, 0.5) is 5.69 Å². The number of carbonyl (C=O) groups is 1. The number of nitrogens with one attached hydrogen (secondary N) is 1. The average Bonchev–Trinajstić information content (AvgIpc) is 3.26. The number of ether oxygens (including phenoxy) is 3. The lowest BCUT2D eigenvalue weighted by Crippen LogP contribution is -2.32. The van der Waals surface area contributed by atoms with Crippen molar-refractivity contribution >= 4 is 22.9 Å². The van der Waals surface area contributed by atoms with Gasteiger partial charge in [0.2, 0.25) is 5.91 Å². The van der Waals surface area contributed by atoms with Crippen LogP contribution in [-0.4, -0.2) is 38.7 Å². The van der Waals surface area contributed by atoms with Gasteiger partial charge < -0.3 is 19.5 Å².